The Morgan fingerprint density at radius 3 is 2.42 bits per heavy atom. The van der Waals surface area contributed by atoms with Crippen LogP contribution in [0.3, 0.4) is 0 Å². The van der Waals surface area contributed by atoms with Gasteiger partial charge in [-0.1, -0.05) is 51.9 Å². The molecule has 0 aliphatic heterocycles. The van der Waals surface area contributed by atoms with Crippen molar-refractivity contribution in [1.29, 1.82) is 0 Å². The van der Waals surface area contributed by atoms with E-state index in [1.165, 1.54) is 57.1 Å². The summed E-state index contributed by atoms with van der Waals surface area (Å²) in [5, 5.41) is 7.87. The molecule has 1 N–H and O–H groups in total. The Balaban J connectivity index is 2.08. The van der Waals surface area contributed by atoms with E-state index in [1.807, 2.05) is 17.9 Å². The number of aryl methyl sites for hydroxylation is 1. The molecule has 1 unspecified atom stereocenters. The standard InChI is InChI=1S/C16H31N3/c1-4-5-6-7-8-9-10-11-15(17-2)14-16-12-13-19(3)18-16/h12-13,15,17H,4-11,14H2,1-3H3. The molecule has 3 nitrogen and oxygen atoms in total. The van der Waals surface area contributed by atoms with Gasteiger partial charge in [-0.25, -0.2) is 0 Å². The van der Waals surface area contributed by atoms with Crippen LogP contribution in [-0.4, -0.2) is 22.9 Å². The highest BCUT2D eigenvalue weighted by Crippen LogP contribution is 2.11. The topological polar surface area (TPSA) is 29.9 Å². The number of hydrogen-bond donors (Lipinski definition) is 1. The Hall–Kier alpha value is -0.830. The van der Waals surface area contributed by atoms with Crippen LogP contribution in [0.2, 0.25) is 0 Å². The second-order valence-corrected chi connectivity index (χ2v) is 5.58. The van der Waals surface area contributed by atoms with E-state index >= 15 is 0 Å². The second kappa shape index (κ2) is 10.0. The minimum absolute atomic E-state index is 0.575. The van der Waals surface area contributed by atoms with E-state index in [2.05, 4.69) is 30.5 Å². The van der Waals surface area contributed by atoms with Crippen LogP contribution in [0.4, 0.5) is 0 Å². The molecule has 0 bridgehead atoms. The van der Waals surface area contributed by atoms with Crippen LogP contribution >= 0.6 is 0 Å². The van der Waals surface area contributed by atoms with Gasteiger partial charge in [0, 0.05) is 25.7 Å². The fourth-order valence-corrected chi connectivity index (χ4v) is 2.52. The number of unbranched alkanes of at least 4 members (excludes halogenated alkanes) is 6. The van der Waals surface area contributed by atoms with Gasteiger partial charge in [0.2, 0.25) is 0 Å². The van der Waals surface area contributed by atoms with Crippen molar-refractivity contribution in [2.24, 2.45) is 7.05 Å². The summed E-state index contributed by atoms with van der Waals surface area (Å²) >= 11 is 0. The molecule has 0 saturated heterocycles. The monoisotopic (exact) mass is 265 g/mol. The normalized spacial score (nSPS) is 12.8. The molecule has 1 rings (SSSR count). The Kier molecular flexibility index (Phi) is 8.55. The van der Waals surface area contributed by atoms with Crippen LogP contribution in [0.25, 0.3) is 0 Å². The van der Waals surface area contributed by atoms with E-state index in [0.717, 1.165) is 6.42 Å². The highest BCUT2D eigenvalue weighted by Gasteiger charge is 2.08. The van der Waals surface area contributed by atoms with Crippen molar-refractivity contribution >= 4 is 0 Å². The van der Waals surface area contributed by atoms with Crippen molar-refractivity contribution in [2.45, 2.75) is 70.8 Å². The summed E-state index contributed by atoms with van der Waals surface area (Å²) in [5.41, 5.74) is 1.20. The third kappa shape index (κ3) is 7.36. The summed E-state index contributed by atoms with van der Waals surface area (Å²) < 4.78 is 1.88. The molecular formula is C16H31N3. The zero-order chi connectivity index (χ0) is 13.9. The summed E-state index contributed by atoms with van der Waals surface area (Å²) in [6, 6.07) is 2.69. The van der Waals surface area contributed by atoms with E-state index in [-0.39, 0.29) is 0 Å². The van der Waals surface area contributed by atoms with Crippen LogP contribution in [-0.2, 0) is 13.5 Å². The first-order valence-corrected chi connectivity index (χ1v) is 7.92. The molecule has 0 spiro atoms. The third-order valence-corrected chi connectivity index (χ3v) is 3.79. The van der Waals surface area contributed by atoms with Gasteiger partial charge >= 0.3 is 0 Å². The average molecular weight is 265 g/mol. The summed E-state index contributed by atoms with van der Waals surface area (Å²) in [6.07, 6.45) is 14.0. The van der Waals surface area contributed by atoms with Crippen LogP contribution in [0.5, 0.6) is 0 Å². The van der Waals surface area contributed by atoms with E-state index in [1.54, 1.807) is 0 Å². The lowest BCUT2D eigenvalue weighted by Gasteiger charge is -2.14. The van der Waals surface area contributed by atoms with Crippen LogP contribution in [0, 0.1) is 0 Å². The van der Waals surface area contributed by atoms with Crippen LogP contribution < -0.4 is 5.32 Å². The number of hydrogen-bond acceptors (Lipinski definition) is 2. The fraction of sp³-hybridized carbons (Fsp3) is 0.812. The number of likely N-dealkylation sites (N-methyl/N-ethyl adjacent to an activating group) is 1. The number of nitrogens with zero attached hydrogens (tertiary/aromatic N) is 2. The van der Waals surface area contributed by atoms with Gasteiger partial charge in [-0.05, 0) is 19.5 Å². The average Bonchev–Trinajstić information content (AvgIpc) is 2.81. The molecule has 0 aromatic carbocycles. The SMILES string of the molecule is CCCCCCCCCC(Cc1ccn(C)n1)NC. The van der Waals surface area contributed by atoms with Gasteiger partial charge in [0.15, 0.2) is 0 Å². The molecule has 0 aliphatic carbocycles. The molecule has 110 valence electrons. The van der Waals surface area contributed by atoms with Gasteiger partial charge in [-0.15, -0.1) is 0 Å². The zero-order valence-corrected chi connectivity index (χ0v) is 13.0. The maximum absolute atomic E-state index is 4.45. The molecule has 0 radical (unpaired) electrons. The lowest BCUT2D eigenvalue weighted by atomic mass is 10.0. The van der Waals surface area contributed by atoms with Crippen molar-refractivity contribution in [1.82, 2.24) is 15.1 Å². The molecule has 1 aromatic heterocycles. The first kappa shape index (κ1) is 16.2. The van der Waals surface area contributed by atoms with Gasteiger partial charge in [0.05, 0.1) is 5.69 Å². The minimum atomic E-state index is 0.575. The van der Waals surface area contributed by atoms with Gasteiger partial charge in [0.25, 0.3) is 0 Å². The predicted octanol–water partition coefficient (Wildman–Crippen LogP) is 3.69. The molecule has 0 amide bonds. The maximum Gasteiger partial charge on any atom is 0.0639 e. The van der Waals surface area contributed by atoms with Crippen LogP contribution in [0.15, 0.2) is 12.3 Å². The Morgan fingerprint density at radius 1 is 1.16 bits per heavy atom. The van der Waals surface area contributed by atoms with E-state index in [9.17, 15) is 0 Å². The summed E-state index contributed by atoms with van der Waals surface area (Å²) in [4.78, 5) is 0. The van der Waals surface area contributed by atoms with Crippen molar-refractivity contribution < 1.29 is 0 Å². The largest absolute Gasteiger partial charge is 0.317 e. The predicted molar refractivity (Wildman–Crippen MR) is 82.4 cm³/mol. The Morgan fingerprint density at radius 2 is 1.84 bits per heavy atom. The number of nitrogens with one attached hydrogen (secondary N) is 1. The van der Waals surface area contributed by atoms with E-state index in [4.69, 9.17) is 0 Å². The summed E-state index contributed by atoms with van der Waals surface area (Å²) in [7, 11) is 4.04. The van der Waals surface area contributed by atoms with Crippen molar-refractivity contribution in [3.63, 3.8) is 0 Å². The number of aromatic nitrogens is 2. The first-order valence-electron chi connectivity index (χ1n) is 7.92. The fourth-order valence-electron chi connectivity index (χ4n) is 2.52. The van der Waals surface area contributed by atoms with Crippen molar-refractivity contribution in [3.05, 3.63) is 18.0 Å². The second-order valence-electron chi connectivity index (χ2n) is 5.58. The number of rotatable bonds is 11. The minimum Gasteiger partial charge on any atom is -0.317 e. The molecule has 1 heterocycles. The quantitative estimate of drug-likeness (QED) is 0.618. The third-order valence-electron chi connectivity index (χ3n) is 3.79. The highest BCUT2D eigenvalue weighted by molar-refractivity contribution is 5.01. The molecule has 19 heavy (non-hydrogen) atoms. The maximum atomic E-state index is 4.45. The highest BCUT2D eigenvalue weighted by atomic mass is 15.2. The molecular weight excluding hydrogens is 234 g/mol. The van der Waals surface area contributed by atoms with E-state index < -0.39 is 0 Å². The lowest BCUT2D eigenvalue weighted by Crippen LogP contribution is -2.27. The Labute approximate surface area is 118 Å². The van der Waals surface area contributed by atoms with Crippen molar-refractivity contribution in [3.8, 4) is 0 Å². The molecule has 1 aromatic rings. The smallest absolute Gasteiger partial charge is 0.0639 e. The lowest BCUT2D eigenvalue weighted by molar-refractivity contribution is 0.473. The molecule has 1 atom stereocenters. The van der Waals surface area contributed by atoms with Gasteiger partial charge in [0.1, 0.15) is 0 Å². The summed E-state index contributed by atoms with van der Waals surface area (Å²) in [6.45, 7) is 2.27. The molecule has 3 heteroatoms. The Bertz CT molecular complexity index is 320. The molecule has 0 aliphatic rings. The van der Waals surface area contributed by atoms with Gasteiger partial charge < -0.3 is 5.32 Å². The molecule has 0 fully saturated rings. The zero-order valence-electron chi connectivity index (χ0n) is 13.0. The first-order chi connectivity index (χ1) is 9.26. The van der Waals surface area contributed by atoms with Gasteiger partial charge in [-0.2, -0.15) is 5.10 Å². The van der Waals surface area contributed by atoms with Crippen molar-refractivity contribution in [2.75, 3.05) is 7.05 Å². The van der Waals surface area contributed by atoms with E-state index in [0.29, 0.717) is 6.04 Å². The van der Waals surface area contributed by atoms with Crippen LogP contribution in [0.1, 0.15) is 64.0 Å². The van der Waals surface area contributed by atoms with Gasteiger partial charge in [-0.3, -0.25) is 4.68 Å². The molecule has 0 saturated carbocycles. The summed E-state index contributed by atoms with van der Waals surface area (Å²) in [5.74, 6) is 0.